The summed E-state index contributed by atoms with van der Waals surface area (Å²) in [6, 6.07) is 0. The van der Waals surface area contributed by atoms with Gasteiger partial charge in [0.05, 0.1) is 0 Å². The van der Waals surface area contributed by atoms with E-state index in [1.54, 1.807) is 0 Å². The van der Waals surface area contributed by atoms with Crippen molar-refractivity contribution in [1.29, 1.82) is 0 Å². The van der Waals surface area contributed by atoms with E-state index >= 15 is 0 Å². The molecular formula is C5H10NiO. The van der Waals surface area contributed by atoms with Crippen molar-refractivity contribution >= 4 is 4.68 Å². The molecule has 0 fully saturated rings. The molecule has 0 aliphatic heterocycles. The SMILES string of the molecule is CCCC[C](O)=[Ni]. The average Bonchev–Trinajstić information content (AvgIpc) is 1.61. The zero-order valence-corrected chi connectivity index (χ0v) is 5.37. The molecule has 0 radical (unpaired) electrons. The zero-order chi connectivity index (χ0) is 5.70. The van der Waals surface area contributed by atoms with Crippen molar-refractivity contribution in [3.05, 3.63) is 0 Å². The summed E-state index contributed by atoms with van der Waals surface area (Å²) in [5.74, 6) is 0. The van der Waals surface area contributed by atoms with Crippen molar-refractivity contribution in [2.75, 3.05) is 0 Å². The van der Waals surface area contributed by atoms with Gasteiger partial charge in [-0.3, -0.25) is 0 Å². The Morgan fingerprint density at radius 3 is 2.43 bits per heavy atom. The van der Waals surface area contributed by atoms with Gasteiger partial charge in [-0.1, -0.05) is 0 Å². The predicted octanol–water partition coefficient (Wildman–Crippen LogP) is 1.23. The van der Waals surface area contributed by atoms with Crippen LogP contribution in [0.25, 0.3) is 0 Å². The van der Waals surface area contributed by atoms with Gasteiger partial charge in [0.1, 0.15) is 0 Å². The summed E-state index contributed by atoms with van der Waals surface area (Å²) in [6.07, 6.45) is 2.83. The molecule has 0 atom stereocenters. The van der Waals surface area contributed by atoms with E-state index in [1.165, 1.54) is 0 Å². The minimum atomic E-state index is 0.182. The van der Waals surface area contributed by atoms with E-state index < -0.39 is 0 Å². The van der Waals surface area contributed by atoms with E-state index in [0.29, 0.717) is 6.42 Å². The summed E-state index contributed by atoms with van der Waals surface area (Å²) >= 11 is 4.15. The molecular weight excluding hydrogens is 135 g/mol. The Balaban J connectivity index is 2.82. The first-order valence-corrected chi connectivity index (χ1v) is 2.94. The summed E-state index contributed by atoms with van der Waals surface area (Å²) in [7, 11) is 0. The summed E-state index contributed by atoms with van der Waals surface area (Å²) < 4.78 is 0.182. The van der Waals surface area contributed by atoms with E-state index in [0.717, 1.165) is 12.8 Å². The predicted molar refractivity (Wildman–Crippen MR) is 26.5 cm³/mol. The Kier molecular flexibility index (Phi) is 4.69. The van der Waals surface area contributed by atoms with Gasteiger partial charge in [-0.25, -0.2) is 0 Å². The molecule has 0 unspecified atom stereocenters. The molecule has 0 bridgehead atoms. The third-order valence-corrected chi connectivity index (χ3v) is 0.968. The monoisotopic (exact) mass is 144 g/mol. The molecule has 0 saturated heterocycles. The van der Waals surface area contributed by atoms with Gasteiger partial charge in [-0.05, 0) is 0 Å². The number of aliphatic hydroxyl groups excluding tert-OH is 1. The fourth-order valence-corrected chi connectivity index (χ4v) is 0.486. The van der Waals surface area contributed by atoms with Gasteiger partial charge in [0, 0.05) is 0 Å². The van der Waals surface area contributed by atoms with E-state index in [4.69, 9.17) is 5.11 Å². The molecule has 0 saturated carbocycles. The van der Waals surface area contributed by atoms with Crippen LogP contribution in [0.2, 0.25) is 0 Å². The Morgan fingerprint density at radius 2 is 2.29 bits per heavy atom. The Hall–Kier alpha value is 0.324. The second kappa shape index (κ2) is 4.48. The number of hydrogen-bond donors (Lipinski definition) is 1. The van der Waals surface area contributed by atoms with Crippen LogP contribution in [-0.4, -0.2) is 9.78 Å². The van der Waals surface area contributed by atoms with Gasteiger partial charge in [-0.2, -0.15) is 0 Å². The maximum atomic E-state index is 8.43. The van der Waals surface area contributed by atoms with Crippen LogP contribution in [0.5, 0.6) is 0 Å². The van der Waals surface area contributed by atoms with E-state index in [1.807, 2.05) is 0 Å². The van der Waals surface area contributed by atoms with Crippen LogP contribution in [0.1, 0.15) is 26.2 Å². The van der Waals surface area contributed by atoms with E-state index in [2.05, 4.69) is 22.0 Å². The summed E-state index contributed by atoms with van der Waals surface area (Å²) in [4.78, 5) is 0. The molecule has 0 aromatic heterocycles. The van der Waals surface area contributed by atoms with Crippen molar-refractivity contribution in [3.63, 3.8) is 0 Å². The maximum absolute atomic E-state index is 8.43. The third kappa shape index (κ3) is 6.32. The molecule has 0 spiro atoms. The molecule has 0 aromatic carbocycles. The van der Waals surface area contributed by atoms with Gasteiger partial charge in [0.15, 0.2) is 0 Å². The summed E-state index contributed by atoms with van der Waals surface area (Å²) in [6.45, 7) is 2.07. The third-order valence-electron chi connectivity index (χ3n) is 0.721. The quantitative estimate of drug-likeness (QED) is 0.591. The minimum absolute atomic E-state index is 0.182. The number of rotatable bonds is 3. The van der Waals surface area contributed by atoms with Gasteiger partial charge in [0.25, 0.3) is 0 Å². The molecule has 46 valence electrons. The van der Waals surface area contributed by atoms with E-state index in [9.17, 15) is 0 Å². The van der Waals surface area contributed by atoms with Gasteiger partial charge >= 0.3 is 51.0 Å². The first-order chi connectivity index (χ1) is 3.27. The van der Waals surface area contributed by atoms with Crippen molar-refractivity contribution in [2.24, 2.45) is 0 Å². The number of aliphatic hydroxyl groups is 1. The van der Waals surface area contributed by atoms with Gasteiger partial charge in [0.2, 0.25) is 0 Å². The van der Waals surface area contributed by atoms with Crippen LogP contribution in [0.3, 0.4) is 0 Å². The normalized spacial score (nSPS) is 9.14. The Morgan fingerprint density at radius 1 is 1.71 bits per heavy atom. The molecule has 0 aliphatic carbocycles. The van der Waals surface area contributed by atoms with E-state index in [-0.39, 0.29) is 4.68 Å². The van der Waals surface area contributed by atoms with Crippen LogP contribution in [0, 0.1) is 0 Å². The van der Waals surface area contributed by atoms with Gasteiger partial charge < -0.3 is 0 Å². The van der Waals surface area contributed by atoms with Crippen LogP contribution in [0.15, 0.2) is 0 Å². The number of hydrogen-bond acceptors (Lipinski definition) is 1. The van der Waals surface area contributed by atoms with Crippen molar-refractivity contribution in [1.82, 2.24) is 0 Å². The fourth-order valence-electron chi connectivity index (χ4n) is 0.312. The molecule has 0 rings (SSSR count). The Labute approximate surface area is 51.7 Å². The molecule has 1 N–H and O–H groups in total. The molecule has 2 heteroatoms. The second-order valence-corrected chi connectivity index (χ2v) is 2.01. The van der Waals surface area contributed by atoms with Crippen molar-refractivity contribution < 1.29 is 20.1 Å². The molecule has 1 nitrogen and oxygen atoms in total. The topological polar surface area (TPSA) is 20.2 Å². The zero-order valence-electron chi connectivity index (χ0n) is 4.38. The first-order valence-electron chi connectivity index (χ1n) is 2.44. The van der Waals surface area contributed by atoms with Crippen LogP contribution >= 0.6 is 0 Å². The molecule has 0 aliphatic rings. The number of unbranched alkanes of at least 4 members (excludes halogenated alkanes) is 1. The second-order valence-electron chi connectivity index (χ2n) is 1.44. The average molecular weight is 145 g/mol. The Bertz CT molecular complexity index is 61.1. The molecule has 0 heterocycles. The van der Waals surface area contributed by atoms with Gasteiger partial charge in [-0.15, -0.1) is 0 Å². The van der Waals surface area contributed by atoms with Crippen molar-refractivity contribution in [3.8, 4) is 0 Å². The summed E-state index contributed by atoms with van der Waals surface area (Å²) in [5.41, 5.74) is 0. The molecule has 0 amide bonds. The van der Waals surface area contributed by atoms with Crippen LogP contribution in [-0.2, 0) is 15.0 Å². The molecule has 0 aromatic rings. The fraction of sp³-hybridized carbons (Fsp3) is 0.800. The molecule has 7 heavy (non-hydrogen) atoms. The standard InChI is InChI=1S/C5H10O.Ni/c1-2-3-4-5-6;/h6H,2-4H2,1H3;. The van der Waals surface area contributed by atoms with Crippen LogP contribution < -0.4 is 0 Å². The first kappa shape index (κ1) is 7.32. The van der Waals surface area contributed by atoms with Crippen LogP contribution in [0.4, 0.5) is 0 Å². The summed E-state index contributed by atoms with van der Waals surface area (Å²) in [5, 5.41) is 8.43. The van der Waals surface area contributed by atoms with Crippen molar-refractivity contribution in [2.45, 2.75) is 26.2 Å².